The van der Waals surface area contributed by atoms with E-state index < -0.39 is 124 Å². The van der Waals surface area contributed by atoms with Crippen LogP contribution < -0.4 is 10.6 Å². The maximum atomic E-state index is 12.1. The zero-order valence-electron chi connectivity index (χ0n) is 21.7. The summed E-state index contributed by atoms with van der Waals surface area (Å²) >= 11 is 0. The van der Waals surface area contributed by atoms with Crippen LogP contribution in [0.4, 0.5) is 0 Å². The van der Waals surface area contributed by atoms with Gasteiger partial charge in [-0.05, 0) is 0 Å². The largest absolute Gasteiger partial charge is 0.394 e. The zero-order chi connectivity index (χ0) is 29.9. The molecule has 0 aromatic carbocycles. The normalized spacial score (nSPS) is 46.0. The summed E-state index contributed by atoms with van der Waals surface area (Å²) in [7, 11) is 0. The van der Waals surface area contributed by atoms with Crippen molar-refractivity contribution in [1.82, 2.24) is 10.6 Å². The van der Waals surface area contributed by atoms with Gasteiger partial charge in [0.1, 0.15) is 73.1 Å². The number of ether oxygens (including phenoxy) is 5. The first-order valence-corrected chi connectivity index (χ1v) is 12.6. The minimum Gasteiger partial charge on any atom is -0.394 e. The van der Waals surface area contributed by atoms with E-state index in [0.717, 1.165) is 13.8 Å². The van der Waals surface area contributed by atoms with Crippen LogP contribution >= 0.6 is 0 Å². The van der Waals surface area contributed by atoms with Crippen molar-refractivity contribution in [2.24, 2.45) is 0 Å². The van der Waals surface area contributed by atoms with Crippen molar-refractivity contribution in [1.29, 1.82) is 0 Å². The van der Waals surface area contributed by atoms with Crippen LogP contribution in [-0.2, 0) is 33.3 Å². The molecule has 0 saturated carbocycles. The molecule has 0 spiro atoms. The quantitative estimate of drug-likeness (QED) is 0.120. The molecule has 0 aromatic rings. The topological polar surface area (TPSA) is 286 Å². The molecule has 2 amide bonds. The molecule has 0 unspecified atom stereocenters. The van der Waals surface area contributed by atoms with E-state index in [1.807, 2.05) is 0 Å². The third-order valence-electron chi connectivity index (χ3n) is 6.90. The molecule has 0 aromatic heterocycles. The maximum Gasteiger partial charge on any atom is 0.217 e. The highest BCUT2D eigenvalue weighted by atomic mass is 16.7. The molecule has 0 aliphatic carbocycles. The Morgan fingerprint density at radius 2 is 1.10 bits per heavy atom. The third-order valence-corrected chi connectivity index (χ3v) is 6.90. The van der Waals surface area contributed by atoms with Gasteiger partial charge in [0.2, 0.25) is 11.8 Å². The van der Waals surface area contributed by atoms with E-state index in [0.29, 0.717) is 0 Å². The first-order chi connectivity index (χ1) is 18.8. The number of rotatable bonds is 9. The predicted molar refractivity (Wildman–Crippen MR) is 124 cm³/mol. The lowest BCUT2D eigenvalue weighted by Gasteiger charge is -2.49. The Hall–Kier alpha value is -1.62. The molecule has 18 heteroatoms. The number of aliphatic hydroxyl groups is 9. The summed E-state index contributed by atoms with van der Waals surface area (Å²) in [5, 5.41) is 96.5. The molecule has 0 radical (unpaired) electrons. The first-order valence-electron chi connectivity index (χ1n) is 12.6. The molecule has 18 nitrogen and oxygen atoms in total. The summed E-state index contributed by atoms with van der Waals surface area (Å²) in [5.74, 6) is -1.32. The molecule has 11 N–H and O–H groups in total. The molecule has 3 heterocycles. The Morgan fingerprint density at radius 1 is 0.600 bits per heavy atom. The van der Waals surface area contributed by atoms with Gasteiger partial charge in [-0.15, -0.1) is 0 Å². The summed E-state index contributed by atoms with van der Waals surface area (Å²) in [6.45, 7) is -0.142. The van der Waals surface area contributed by atoms with Crippen LogP contribution in [0.15, 0.2) is 0 Å². The number of amides is 2. The van der Waals surface area contributed by atoms with E-state index in [9.17, 15) is 55.5 Å². The zero-order valence-corrected chi connectivity index (χ0v) is 21.7. The van der Waals surface area contributed by atoms with Crippen molar-refractivity contribution in [3.63, 3.8) is 0 Å². The van der Waals surface area contributed by atoms with Crippen LogP contribution in [0, 0.1) is 0 Å². The number of hydrogen-bond donors (Lipinski definition) is 11. The second-order valence-corrected chi connectivity index (χ2v) is 9.81. The van der Waals surface area contributed by atoms with Crippen molar-refractivity contribution < 1.29 is 79.2 Å². The monoisotopic (exact) mass is 586 g/mol. The Bertz CT molecular complexity index is 852. The number of hydrogen-bond acceptors (Lipinski definition) is 16. The van der Waals surface area contributed by atoms with Gasteiger partial charge in [0.15, 0.2) is 18.9 Å². The van der Waals surface area contributed by atoms with Crippen LogP contribution in [0.5, 0.6) is 0 Å². The molecule has 3 saturated heterocycles. The van der Waals surface area contributed by atoms with Crippen molar-refractivity contribution in [2.45, 2.75) is 106 Å². The lowest BCUT2D eigenvalue weighted by atomic mass is 9.94. The smallest absolute Gasteiger partial charge is 0.217 e. The van der Waals surface area contributed by atoms with Gasteiger partial charge < -0.3 is 80.3 Å². The van der Waals surface area contributed by atoms with Crippen molar-refractivity contribution in [3.8, 4) is 0 Å². The van der Waals surface area contributed by atoms with Gasteiger partial charge in [-0.2, -0.15) is 0 Å². The van der Waals surface area contributed by atoms with Crippen LogP contribution in [0.2, 0.25) is 0 Å². The maximum absolute atomic E-state index is 12.1. The minimum atomic E-state index is -1.88. The number of nitrogens with one attached hydrogen (secondary N) is 2. The summed E-state index contributed by atoms with van der Waals surface area (Å²) in [4.78, 5) is 23.7. The Kier molecular flexibility index (Phi) is 11.5. The molecule has 15 atom stereocenters. The highest BCUT2D eigenvalue weighted by Crippen LogP contribution is 2.32. The predicted octanol–water partition coefficient (Wildman–Crippen LogP) is -7.29. The van der Waals surface area contributed by atoms with Gasteiger partial charge in [-0.25, -0.2) is 0 Å². The van der Waals surface area contributed by atoms with Crippen LogP contribution in [0.3, 0.4) is 0 Å². The van der Waals surface area contributed by atoms with Gasteiger partial charge in [-0.3, -0.25) is 9.59 Å². The van der Waals surface area contributed by atoms with Crippen LogP contribution in [0.1, 0.15) is 13.8 Å². The molecular formula is C22H38N2O16. The van der Waals surface area contributed by atoms with Gasteiger partial charge in [0.05, 0.1) is 19.8 Å². The lowest BCUT2D eigenvalue weighted by molar-refractivity contribution is -0.358. The van der Waals surface area contributed by atoms with E-state index in [4.69, 9.17) is 23.7 Å². The highest BCUT2D eigenvalue weighted by Gasteiger charge is 2.54. The average Bonchev–Trinajstić information content (AvgIpc) is 2.90. The number of carbonyl (C=O) groups is 2. The Morgan fingerprint density at radius 3 is 1.65 bits per heavy atom. The number of carbonyl (C=O) groups excluding carboxylic acids is 2. The molecular weight excluding hydrogens is 548 g/mol. The van der Waals surface area contributed by atoms with Crippen LogP contribution in [0.25, 0.3) is 0 Å². The molecule has 3 rings (SSSR count). The van der Waals surface area contributed by atoms with Gasteiger partial charge in [-0.1, -0.05) is 0 Å². The SMILES string of the molecule is CC(=O)N[C@@H]1[C@@H](O)[C@H](O[C@@H]2O[C@H](CO)[C@H](O)[C@H](O[C@@H]3O[C@H](CO)[C@H](O)[C@H](O)[C@H]3O)[C@H]2NC(C)=O)[C@@H](CO)O[C@H]1O. The van der Waals surface area contributed by atoms with Gasteiger partial charge >= 0.3 is 0 Å². The summed E-state index contributed by atoms with van der Waals surface area (Å²) < 4.78 is 27.8. The molecule has 232 valence electrons. The second kappa shape index (κ2) is 14.0. The minimum absolute atomic E-state index is 0.630. The highest BCUT2D eigenvalue weighted by molar-refractivity contribution is 5.73. The molecule has 40 heavy (non-hydrogen) atoms. The van der Waals surface area contributed by atoms with Gasteiger partial charge in [0, 0.05) is 13.8 Å². The fraction of sp³-hybridized carbons (Fsp3) is 0.909. The van der Waals surface area contributed by atoms with Crippen molar-refractivity contribution in [3.05, 3.63) is 0 Å². The van der Waals surface area contributed by atoms with Crippen molar-refractivity contribution >= 4 is 11.8 Å². The van der Waals surface area contributed by atoms with E-state index in [-0.39, 0.29) is 0 Å². The first kappa shape index (κ1) is 32.9. The molecule has 0 bridgehead atoms. The molecule has 3 aliphatic heterocycles. The molecule has 3 fully saturated rings. The Balaban J connectivity index is 1.92. The standard InChI is InChI=1S/C22H38N2O16/c1-6(28)23-11-15(32)18(10(5-27)36-20(11)35)39-21-12(24-7(2)29)19(14(31)9(4-26)37-21)40-22-17(34)16(33)13(30)8(3-25)38-22/h8-22,25-27,30-35H,3-5H2,1-2H3,(H,23,28)(H,24,29)/t8-,9-,10-,11-,12-,13+,14+,15-,16+,17-,18-,19-,20-,21+,22+/m1/s1. The summed E-state index contributed by atoms with van der Waals surface area (Å²) in [6.07, 6.45) is -21.3. The average molecular weight is 587 g/mol. The second-order valence-electron chi connectivity index (χ2n) is 9.81. The van der Waals surface area contributed by atoms with E-state index >= 15 is 0 Å². The number of aliphatic hydroxyl groups excluding tert-OH is 9. The summed E-state index contributed by atoms with van der Waals surface area (Å²) in [5.41, 5.74) is 0. The Labute approximate surface area is 228 Å². The van der Waals surface area contributed by atoms with Crippen LogP contribution in [-0.4, -0.2) is 170 Å². The van der Waals surface area contributed by atoms with Crippen molar-refractivity contribution in [2.75, 3.05) is 19.8 Å². The summed E-state index contributed by atoms with van der Waals surface area (Å²) in [6, 6.07) is -2.88. The third kappa shape index (κ3) is 7.05. The van der Waals surface area contributed by atoms with E-state index in [1.165, 1.54) is 0 Å². The molecule has 3 aliphatic rings. The van der Waals surface area contributed by atoms with E-state index in [1.54, 1.807) is 0 Å². The van der Waals surface area contributed by atoms with Gasteiger partial charge in [0.25, 0.3) is 0 Å². The lowest BCUT2D eigenvalue weighted by Crippen LogP contribution is -2.70. The van der Waals surface area contributed by atoms with E-state index in [2.05, 4.69) is 10.6 Å². The fourth-order valence-electron chi connectivity index (χ4n) is 4.86. The fourth-order valence-corrected chi connectivity index (χ4v) is 4.86.